The van der Waals surface area contributed by atoms with Crippen molar-refractivity contribution in [3.8, 4) is 5.75 Å². The number of aromatic nitrogens is 2. The first-order chi connectivity index (χ1) is 10.5. The van der Waals surface area contributed by atoms with Crippen molar-refractivity contribution in [2.24, 2.45) is 0 Å². The van der Waals surface area contributed by atoms with Gasteiger partial charge in [0.25, 0.3) is 11.6 Å². The fourth-order valence-electron chi connectivity index (χ4n) is 1.90. The van der Waals surface area contributed by atoms with Gasteiger partial charge in [-0.25, -0.2) is 0 Å². The number of carbonyl (C=O) groups is 1. The van der Waals surface area contributed by atoms with Crippen LogP contribution in [0.1, 0.15) is 17.4 Å². The molecule has 0 atom stereocenters. The average molecular weight is 369 g/mol. The summed E-state index contributed by atoms with van der Waals surface area (Å²) in [6.45, 7) is 2.37. The Balaban J connectivity index is 2.33. The molecule has 1 N–H and O–H groups in total. The number of anilines is 1. The maximum Gasteiger partial charge on any atom is 0.275 e. The number of non-ortho nitro benzene ring substituents is 1. The van der Waals surface area contributed by atoms with Crippen LogP contribution in [0.3, 0.4) is 0 Å². The maximum absolute atomic E-state index is 12.3. The van der Waals surface area contributed by atoms with Crippen molar-refractivity contribution in [2.75, 3.05) is 12.4 Å². The van der Waals surface area contributed by atoms with Crippen LogP contribution < -0.4 is 10.1 Å². The number of methoxy groups -OCH3 is 1. The molecule has 22 heavy (non-hydrogen) atoms. The minimum absolute atomic E-state index is 0.169. The number of nitro groups is 1. The normalized spacial score (nSPS) is 10.3. The van der Waals surface area contributed by atoms with Crippen LogP contribution in [-0.2, 0) is 6.54 Å². The van der Waals surface area contributed by atoms with Crippen molar-refractivity contribution in [3.05, 3.63) is 44.7 Å². The van der Waals surface area contributed by atoms with Gasteiger partial charge in [0.2, 0.25) is 0 Å². The highest BCUT2D eigenvalue weighted by molar-refractivity contribution is 9.10. The zero-order valence-corrected chi connectivity index (χ0v) is 13.5. The Morgan fingerprint density at radius 3 is 2.82 bits per heavy atom. The Bertz CT molecular complexity index is 729. The van der Waals surface area contributed by atoms with E-state index in [1.807, 2.05) is 6.92 Å². The number of carbonyl (C=O) groups excluding carboxylic acids is 1. The second kappa shape index (κ2) is 6.56. The minimum atomic E-state index is -0.551. The summed E-state index contributed by atoms with van der Waals surface area (Å²) in [7, 11) is 1.40. The molecule has 0 saturated heterocycles. The number of hydrogen-bond acceptors (Lipinski definition) is 5. The summed E-state index contributed by atoms with van der Waals surface area (Å²) in [4.78, 5) is 22.7. The fraction of sp³-hybridized carbons (Fsp3) is 0.231. The molecule has 0 spiro atoms. The van der Waals surface area contributed by atoms with E-state index in [4.69, 9.17) is 4.74 Å². The molecule has 1 aromatic carbocycles. The number of halogens is 1. The molecule has 9 heteroatoms. The molecular formula is C13H13BrN4O4. The zero-order valence-electron chi connectivity index (χ0n) is 11.9. The summed E-state index contributed by atoms with van der Waals surface area (Å²) >= 11 is 3.26. The van der Waals surface area contributed by atoms with Crippen LogP contribution in [0.15, 0.2) is 28.9 Å². The van der Waals surface area contributed by atoms with Gasteiger partial charge in [-0.3, -0.25) is 19.6 Å². The molecule has 8 nitrogen and oxygen atoms in total. The first-order valence-electron chi connectivity index (χ1n) is 6.32. The fourth-order valence-corrected chi connectivity index (χ4v) is 2.37. The van der Waals surface area contributed by atoms with Crippen molar-refractivity contribution >= 4 is 33.2 Å². The van der Waals surface area contributed by atoms with Gasteiger partial charge in [-0.15, -0.1) is 0 Å². The monoisotopic (exact) mass is 368 g/mol. The van der Waals surface area contributed by atoms with Crippen LogP contribution in [-0.4, -0.2) is 27.7 Å². The number of benzene rings is 1. The number of nitrogens with zero attached hydrogens (tertiary/aromatic N) is 3. The van der Waals surface area contributed by atoms with E-state index in [0.29, 0.717) is 16.7 Å². The number of nitro benzene ring substituents is 1. The Labute approximate surface area is 134 Å². The van der Waals surface area contributed by atoms with Gasteiger partial charge in [0, 0.05) is 18.7 Å². The van der Waals surface area contributed by atoms with Crippen LogP contribution >= 0.6 is 15.9 Å². The second-order valence-electron chi connectivity index (χ2n) is 4.29. The number of aryl methyl sites for hydroxylation is 1. The van der Waals surface area contributed by atoms with E-state index in [-0.39, 0.29) is 17.1 Å². The summed E-state index contributed by atoms with van der Waals surface area (Å²) in [6, 6.07) is 4.05. The molecule has 0 aliphatic heterocycles. The highest BCUT2D eigenvalue weighted by Crippen LogP contribution is 2.26. The number of ether oxygens (including phenoxy) is 1. The standard InChI is InChI=1S/C13H13BrN4O4/c1-3-17-12(11(14)7-15-17)13(19)16-8-4-9(18(20)21)6-10(5-8)22-2/h4-7H,3H2,1-2H3,(H,16,19). The third-order valence-corrected chi connectivity index (χ3v) is 3.49. The zero-order chi connectivity index (χ0) is 16.3. The van der Waals surface area contributed by atoms with Crippen LogP contribution in [0.25, 0.3) is 0 Å². The quantitative estimate of drug-likeness (QED) is 0.645. The van der Waals surface area contributed by atoms with Gasteiger partial charge < -0.3 is 10.1 Å². The number of amides is 1. The highest BCUT2D eigenvalue weighted by Gasteiger charge is 2.18. The molecule has 0 fully saturated rings. The summed E-state index contributed by atoms with van der Waals surface area (Å²) in [5.41, 5.74) is 0.442. The van der Waals surface area contributed by atoms with Crippen LogP contribution in [0.2, 0.25) is 0 Å². The van der Waals surface area contributed by atoms with Gasteiger partial charge in [-0.1, -0.05) is 0 Å². The summed E-state index contributed by atoms with van der Waals surface area (Å²) in [5.74, 6) is -0.138. The van der Waals surface area contributed by atoms with Crippen molar-refractivity contribution in [1.29, 1.82) is 0 Å². The lowest BCUT2D eigenvalue weighted by Gasteiger charge is -2.09. The van der Waals surface area contributed by atoms with Gasteiger partial charge in [0.05, 0.1) is 34.5 Å². The third-order valence-electron chi connectivity index (χ3n) is 2.91. The molecule has 0 aliphatic rings. The predicted octanol–water partition coefficient (Wildman–Crippen LogP) is 2.83. The SMILES string of the molecule is CCn1ncc(Br)c1C(=O)Nc1cc(OC)cc([N+](=O)[O-])c1. The van der Waals surface area contributed by atoms with E-state index in [9.17, 15) is 14.9 Å². The largest absolute Gasteiger partial charge is 0.496 e. The topological polar surface area (TPSA) is 99.3 Å². The first kappa shape index (κ1) is 16.0. The van der Waals surface area contributed by atoms with Crippen LogP contribution in [0.5, 0.6) is 5.75 Å². The lowest BCUT2D eigenvalue weighted by Crippen LogP contribution is -2.18. The molecule has 0 aliphatic carbocycles. The molecule has 0 unspecified atom stereocenters. The molecule has 2 rings (SSSR count). The first-order valence-corrected chi connectivity index (χ1v) is 7.11. The van der Waals surface area contributed by atoms with E-state index >= 15 is 0 Å². The average Bonchev–Trinajstić information content (AvgIpc) is 2.87. The van der Waals surface area contributed by atoms with E-state index < -0.39 is 10.8 Å². The molecule has 1 heterocycles. The number of rotatable bonds is 5. The van der Waals surface area contributed by atoms with Gasteiger partial charge in [0.1, 0.15) is 11.4 Å². The van der Waals surface area contributed by atoms with Crippen LogP contribution in [0, 0.1) is 10.1 Å². The second-order valence-corrected chi connectivity index (χ2v) is 5.14. The molecule has 116 valence electrons. The van der Waals surface area contributed by atoms with E-state index in [1.54, 1.807) is 0 Å². The van der Waals surface area contributed by atoms with Crippen molar-refractivity contribution in [1.82, 2.24) is 9.78 Å². The molecule has 1 amide bonds. The van der Waals surface area contributed by atoms with Crippen LogP contribution in [0.4, 0.5) is 11.4 Å². The lowest BCUT2D eigenvalue weighted by atomic mass is 10.2. The Morgan fingerprint density at radius 2 is 2.23 bits per heavy atom. The molecule has 0 bridgehead atoms. The molecular weight excluding hydrogens is 356 g/mol. The van der Waals surface area contributed by atoms with Gasteiger partial charge in [-0.2, -0.15) is 5.10 Å². The Kier molecular flexibility index (Phi) is 4.76. The van der Waals surface area contributed by atoms with E-state index in [2.05, 4.69) is 26.3 Å². The highest BCUT2D eigenvalue weighted by atomic mass is 79.9. The third kappa shape index (κ3) is 3.25. The summed E-state index contributed by atoms with van der Waals surface area (Å²) in [6.07, 6.45) is 1.52. The number of hydrogen-bond donors (Lipinski definition) is 1. The lowest BCUT2D eigenvalue weighted by molar-refractivity contribution is -0.384. The van der Waals surface area contributed by atoms with E-state index in [0.717, 1.165) is 0 Å². The predicted molar refractivity (Wildman–Crippen MR) is 83.2 cm³/mol. The minimum Gasteiger partial charge on any atom is -0.496 e. The summed E-state index contributed by atoms with van der Waals surface area (Å²) in [5, 5.41) is 17.6. The van der Waals surface area contributed by atoms with Crippen molar-refractivity contribution in [2.45, 2.75) is 13.5 Å². The molecule has 1 aromatic heterocycles. The summed E-state index contributed by atoms with van der Waals surface area (Å²) < 4.78 is 7.07. The number of nitrogens with one attached hydrogen (secondary N) is 1. The molecule has 0 saturated carbocycles. The van der Waals surface area contributed by atoms with Crippen molar-refractivity contribution in [3.63, 3.8) is 0 Å². The molecule has 2 aromatic rings. The maximum atomic E-state index is 12.3. The van der Waals surface area contributed by atoms with E-state index in [1.165, 1.54) is 36.2 Å². The molecule has 0 radical (unpaired) electrons. The van der Waals surface area contributed by atoms with Crippen molar-refractivity contribution < 1.29 is 14.5 Å². The Morgan fingerprint density at radius 1 is 1.50 bits per heavy atom. The van der Waals surface area contributed by atoms with Gasteiger partial charge in [0.15, 0.2) is 0 Å². The smallest absolute Gasteiger partial charge is 0.275 e. The van der Waals surface area contributed by atoms with Gasteiger partial charge in [-0.05, 0) is 22.9 Å². The van der Waals surface area contributed by atoms with Gasteiger partial charge >= 0.3 is 0 Å². The Hall–Kier alpha value is -2.42.